The van der Waals surface area contributed by atoms with Crippen LogP contribution in [0.25, 0.3) is 16.7 Å². The number of aromatic nitrogens is 5. The largest absolute Gasteiger partial charge is 0.497 e. The van der Waals surface area contributed by atoms with E-state index in [2.05, 4.69) is 40.8 Å². The van der Waals surface area contributed by atoms with Gasteiger partial charge < -0.3 is 14.6 Å². The van der Waals surface area contributed by atoms with Crippen molar-refractivity contribution in [2.75, 3.05) is 13.7 Å². The molecule has 0 bridgehead atoms. The van der Waals surface area contributed by atoms with Crippen LogP contribution in [-0.2, 0) is 18.4 Å². The Morgan fingerprint density at radius 3 is 2.83 bits per heavy atom. The van der Waals surface area contributed by atoms with Crippen LogP contribution in [0.1, 0.15) is 48.2 Å². The summed E-state index contributed by atoms with van der Waals surface area (Å²) in [5.74, 6) is 1.16. The Balaban J connectivity index is 1.53. The number of hydrogen-bond donors (Lipinski definition) is 1. The van der Waals surface area contributed by atoms with Gasteiger partial charge in [-0.25, -0.2) is 9.50 Å². The molecule has 5 rings (SSSR count). The van der Waals surface area contributed by atoms with E-state index in [4.69, 9.17) is 4.74 Å². The van der Waals surface area contributed by atoms with Crippen LogP contribution in [0.15, 0.2) is 30.6 Å². The summed E-state index contributed by atoms with van der Waals surface area (Å²) < 4.78 is 7.09. The van der Waals surface area contributed by atoms with Crippen molar-refractivity contribution < 1.29 is 9.53 Å². The second-order valence-corrected chi connectivity index (χ2v) is 8.72. The third-order valence-electron chi connectivity index (χ3n) is 5.71. The van der Waals surface area contributed by atoms with Crippen LogP contribution in [0.3, 0.4) is 0 Å². The fourth-order valence-electron chi connectivity index (χ4n) is 4.11. The average molecular weight is 404 g/mol. The maximum atomic E-state index is 13.4. The van der Waals surface area contributed by atoms with Crippen LogP contribution >= 0.6 is 0 Å². The first-order valence-corrected chi connectivity index (χ1v) is 10.0. The van der Waals surface area contributed by atoms with Crippen molar-refractivity contribution in [1.82, 2.24) is 29.5 Å². The number of hydrogen-bond acceptors (Lipinski definition) is 5. The lowest BCUT2D eigenvalue weighted by molar-refractivity contribution is 0.0729. The Hall–Kier alpha value is -3.42. The second kappa shape index (κ2) is 6.55. The maximum absolute atomic E-state index is 13.4. The zero-order chi connectivity index (χ0) is 21.0. The number of carbonyl (C=O) groups excluding carboxylic acids is 1. The number of carbonyl (C=O) groups is 1. The Kier molecular flexibility index (Phi) is 4.06. The van der Waals surface area contributed by atoms with Gasteiger partial charge in [-0.2, -0.15) is 10.1 Å². The normalized spacial score (nSPS) is 14.3. The first-order valence-electron chi connectivity index (χ1n) is 10.0. The molecule has 30 heavy (non-hydrogen) atoms. The van der Waals surface area contributed by atoms with Gasteiger partial charge in [0, 0.05) is 47.1 Å². The summed E-state index contributed by atoms with van der Waals surface area (Å²) in [6.45, 7) is 7.44. The van der Waals surface area contributed by atoms with Gasteiger partial charge in [-0.1, -0.05) is 20.8 Å². The minimum Gasteiger partial charge on any atom is -0.497 e. The molecule has 1 N–H and O–H groups in total. The maximum Gasteiger partial charge on any atom is 0.272 e. The summed E-state index contributed by atoms with van der Waals surface area (Å²) in [5, 5.41) is 5.37. The Morgan fingerprint density at radius 1 is 1.23 bits per heavy atom. The lowest BCUT2D eigenvalue weighted by Crippen LogP contribution is -2.36. The van der Waals surface area contributed by atoms with Crippen LogP contribution < -0.4 is 4.74 Å². The van der Waals surface area contributed by atoms with Gasteiger partial charge in [0.2, 0.25) is 0 Å². The molecule has 1 amide bonds. The molecule has 1 aliphatic heterocycles. The third kappa shape index (κ3) is 2.91. The third-order valence-corrected chi connectivity index (χ3v) is 5.71. The molecule has 154 valence electrons. The van der Waals surface area contributed by atoms with Gasteiger partial charge in [0.1, 0.15) is 17.8 Å². The summed E-state index contributed by atoms with van der Waals surface area (Å²) in [6, 6.07) is 7.84. The summed E-state index contributed by atoms with van der Waals surface area (Å²) in [6.07, 6.45) is 2.25. The highest BCUT2D eigenvalue weighted by Crippen LogP contribution is 2.31. The van der Waals surface area contributed by atoms with Gasteiger partial charge in [-0.05, 0) is 24.3 Å². The zero-order valence-corrected chi connectivity index (χ0v) is 17.6. The van der Waals surface area contributed by atoms with Gasteiger partial charge in [-0.3, -0.25) is 4.79 Å². The highest BCUT2D eigenvalue weighted by atomic mass is 16.5. The number of amides is 1. The molecule has 3 aromatic heterocycles. The molecule has 1 aliphatic rings. The number of methoxy groups -OCH3 is 1. The van der Waals surface area contributed by atoms with Crippen molar-refractivity contribution in [2.45, 2.75) is 39.2 Å². The van der Waals surface area contributed by atoms with Gasteiger partial charge in [0.15, 0.2) is 0 Å². The number of fused-ring (bicyclic) bond motifs is 4. The molecule has 0 atom stereocenters. The van der Waals surface area contributed by atoms with E-state index in [1.165, 1.54) is 12.0 Å². The number of ether oxygens (including phenoxy) is 1. The highest BCUT2D eigenvalue weighted by Gasteiger charge is 2.28. The quantitative estimate of drug-likeness (QED) is 0.555. The number of nitrogens with zero attached hydrogens (tertiary/aromatic N) is 5. The van der Waals surface area contributed by atoms with Gasteiger partial charge in [0.25, 0.3) is 11.7 Å². The molecule has 1 aromatic carbocycles. The second-order valence-electron chi connectivity index (χ2n) is 8.72. The number of rotatable bonds is 2. The monoisotopic (exact) mass is 404 g/mol. The molecular formula is C22H24N6O2. The van der Waals surface area contributed by atoms with Crippen LogP contribution in [0, 0.1) is 0 Å². The predicted octanol–water partition coefficient (Wildman–Crippen LogP) is 3.11. The predicted molar refractivity (Wildman–Crippen MR) is 113 cm³/mol. The Bertz CT molecular complexity index is 1280. The molecule has 0 radical (unpaired) electrons. The SMILES string of the molecule is COc1ccc2[nH]c3c(c2c1)CN(C(=O)c1cc(C(C)(C)C)n2ncnc2n1)CC3. The molecule has 0 fully saturated rings. The van der Waals surface area contributed by atoms with E-state index in [-0.39, 0.29) is 11.3 Å². The van der Waals surface area contributed by atoms with E-state index in [0.29, 0.717) is 24.6 Å². The van der Waals surface area contributed by atoms with Crippen LogP contribution in [0.2, 0.25) is 0 Å². The topological polar surface area (TPSA) is 88.4 Å². The minimum absolute atomic E-state index is 0.0890. The Labute approximate surface area is 173 Å². The van der Waals surface area contributed by atoms with Gasteiger partial charge in [-0.15, -0.1) is 0 Å². The molecule has 0 unspecified atom stereocenters. The summed E-state index contributed by atoms with van der Waals surface area (Å²) in [4.78, 5) is 27.5. The molecular weight excluding hydrogens is 380 g/mol. The van der Waals surface area contributed by atoms with E-state index in [1.54, 1.807) is 11.6 Å². The molecule has 0 saturated carbocycles. The summed E-state index contributed by atoms with van der Waals surface area (Å²) >= 11 is 0. The van der Waals surface area contributed by atoms with Crippen LogP contribution in [0.4, 0.5) is 0 Å². The molecule has 0 saturated heterocycles. The van der Waals surface area contributed by atoms with E-state index in [0.717, 1.165) is 34.3 Å². The number of aromatic amines is 1. The standard InChI is InChI=1S/C22H24N6O2/c1-22(2,3)19-10-18(26-21-23-12-24-28(19)21)20(29)27-8-7-17-15(11-27)14-9-13(30-4)5-6-16(14)25-17/h5-6,9-10,12,25H,7-8,11H2,1-4H3. The summed E-state index contributed by atoms with van der Waals surface area (Å²) in [7, 11) is 1.66. The van der Waals surface area contributed by atoms with Crippen molar-refractivity contribution in [3.8, 4) is 5.75 Å². The molecule has 4 heterocycles. The molecule has 4 aromatic rings. The van der Waals surface area contributed by atoms with Crippen molar-refractivity contribution >= 4 is 22.6 Å². The fourth-order valence-corrected chi connectivity index (χ4v) is 4.11. The van der Waals surface area contributed by atoms with E-state index < -0.39 is 0 Å². The average Bonchev–Trinajstić information content (AvgIpc) is 3.34. The summed E-state index contributed by atoms with van der Waals surface area (Å²) in [5.41, 5.74) is 4.49. The fraction of sp³-hybridized carbons (Fsp3) is 0.364. The molecule has 8 nitrogen and oxygen atoms in total. The van der Waals surface area contributed by atoms with E-state index in [9.17, 15) is 4.79 Å². The minimum atomic E-state index is -0.202. The van der Waals surface area contributed by atoms with Crippen molar-refractivity contribution in [1.29, 1.82) is 0 Å². The number of H-pyrrole nitrogens is 1. The molecule has 0 aliphatic carbocycles. The molecule has 8 heteroatoms. The van der Waals surface area contributed by atoms with E-state index >= 15 is 0 Å². The molecule has 0 spiro atoms. The van der Waals surface area contributed by atoms with Crippen molar-refractivity contribution in [3.05, 3.63) is 53.2 Å². The smallest absolute Gasteiger partial charge is 0.272 e. The first-order chi connectivity index (χ1) is 14.3. The lowest BCUT2D eigenvalue weighted by atomic mass is 9.91. The van der Waals surface area contributed by atoms with Crippen molar-refractivity contribution in [3.63, 3.8) is 0 Å². The lowest BCUT2D eigenvalue weighted by Gasteiger charge is -2.27. The highest BCUT2D eigenvalue weighted by molar-refractivity contribution is 5.94. The zero-order valence-electron chi connectivity index (χ0n) is 17.6. The van der Waals surface area contributed by atoms with Crippen LogP contribution in [0.5, 0.6) is 5.75 Å². The first kappa shape index (κ1) is 18.6. The van der Waals surface area contributed by atoms with Gasteiger partial charge >= 0.3 is 0 Å². The number of benzene rings is 1. The Morgan fingerprint density at radius 2 is 2.07 bits per heavy atom. The number of nitrogens with one attached hydrogen (secondary N) is 1. The van der Waals surface area contributed by atoms with E-state index in [1.807, 2.05) is 29.2 Å². The van der Waals surface area contributed by atoms with Gasteiger partial charge in [0.05, 0.1) is 12.8 Å². The van der Waals surface area contributed by atoms with Crippen LogP contribution in [-0.4, -0.2) is 49.0 Å². The van der Waals surface area contributed by atoms with Crippen molar-refractivity contribution in [2.24, 2.45) is 0 Å².